The molecule has 0 aliphatic carbocycles. The summed E-state index contributed by atoms with van der Waals surface area (Å²) in [5.41, 5.74) is 1.34. The first-order valence-electron chi connectivity index (χ1n) is 11.9. The van der Waals surface area contributed by atoms with Gasteiger partial charge in [0.15, 0.2) is 5.78 Å². The Morgan fingerprint density at radius 1 is 0.925 bits per heavy atom. The van der Waals surface area contributed by atoms with E-state index in [1.165, 1.54) is 24.3 Å². The van der Waals surface area contributed by atoms with Crippen molar-refractivity contribution in [1.82, 2.24) is 15.6 Å². The van der Waals surface area contributed by atoms with Crippen LogP contribution in [-0.2, 0) is 17.9 Å². The maximum Gasteiger partial charge on any atom is 0.326 e. The molecular weight excluding hydrogens is 561 g/mol. The number of aromatic amines is 1. The molecule has 0 unspecified atom stereocenters. The van der Waals surface area contributed by atoms with Crippen molar-refractivity contribution >= 4 is 57.7 Å². The number of benzene rings is 3. The summed E-state index contributed by atoms with van der Waals surface area (Å²) < 4.78 is 0. The van der Waals surface area contributed by atoms with Crippen LogP contribution in [0.2, 0.25) is 10.0 Å². The first-order chi connectivity index (χ1) is 19.1. The number of rotatable bonds is 10. The van der Waals surface area contributed by atoms with Crippen LogP contribution in [0, 0.1) is 0 Å². The fourth-order valence-electron chi connectivity index (χ4n) is 4.20. The summed E-state index contributed by atoms with van der Waals surface area (Å²) in [5, 5.41) is 34.2. The van der Waals surface area contributed by atoms with Crippen LogP contribution >= 0.6 is 23.2 Å². The van der Waals surface area contributed by atoms with E-state index in [9.17, 15) is 34.5 Å². The summed E-state index contributed by atoms with van der Waals surface area (Å²) in [7, 11) is 0. The lowest BCUT2D eigenvalue weighted by atomic mass is 10.0. The van der Waals surface area contributed by atoms with Crippen LogP contribution in [0.1, 0.15) is 48.8 Å². The standard InChI is InChI=1S/C28H23Cl2N3O7/c29-19-9-15(26(37)31-12-14-4-3-5-16(35)8-14)10-20(30)24(19)23(36)11-22(28(39)40)33-27(38)25-18(13-34)17-6-1-2-7-21(17)32-25/h1-10,22,32,34-35H,11-13H2,(H,31,37)(H,33,38)(H,39,40)/t22-/m0/s1. The van der Waals surface area contributed by atoms with Gasteiger partial charge in [0.05, 0.1) is 22.2 Å². The number of aromatic nitrogens is 1. The van der Waals surface area contributed by atoms with Gasteiger partial charge < -0.3 is 30.9 Å². The Morgan fingerprint density at radius 3 is 2.27 bits per heavy atom. The number of ketones is 1. The van der Waals surface area contributed by atoms with Gasteiger partial charge in [-0.15, -0.1) is 0 Å². The van der Waals surface area contributed by atoms with Crippen LogP contribution in [0.3, 0.4) is 0 Å². The fourth-order valence-corrected chi connectivity index (χ4v) is 4.90. The van der Waals surface area contributed by atoms with E-state index in [1.54, 1.807) is 36.4 Å². The zero-order valence-corrected chi connectivity index (χ0v) is 22.2. The number of fused-ring (bicyclic) bond motifs is 1. The van der Waals surface area contributed by atoms with E-state index < -0.39 is 42.6 Å². The number of para-hydroxylation sites is 1. The van der Waals surface area contributed by atoms with Gasteiger partial charge in [-0.25, -0.2) is 4.79 Å². The second-order valence-corrected chi connectivity index (χ2v) is 9.66. The highest BCUT2D eigenvalue weighted by molar-refractivity contribution is 6.40. The van der Waals surface area contributed by atoms with Crippen molar-refractivity contribution in [3.05, 3.63) is 98.7 Å². The van der Waals surface area contributed by atoms with E-state index in [2.05, 4.69) is 15.6 Å². The third-order valence-electron chi connectivity index (χ3n) is 6.14. The lowest BCUT2D eigenvalue weighted by molar-refractivity contribution is -0.139. The highest BCUT2D eigenvalue weighted by atomic mass is 35.5. The van der Waals surface area contributed by atoms with Crippen molar-refractivity contribution in [3.63, 3.8) is 0 Å². The number of aliphatic hydroxyl groups excluding tert-OH is 1. The van der Waals surface area contributed by atoms with E-state index in [0.29, 0.717) is 16.5 Å². The number of hydrogen-bond donors (Lipinski definition) is 6. The number of nitrogens with one attached hydrogen (secondary N) is 3. The molecule has 0 spiro atoms. The van der Waals surface area contributed by atoms with Gasteiger partial charge in [-0.05, 0) is 35.9 Å². The normalized spacial score (nSPS) is 11.7. The van der Waals surface area contributed by atoms with Crippen molar-refractivity contribution in [3.8, 4) is 5.75 Å². The Morgan fingerprint density at radius 2 is 1.62 bits per heavy atom. The number of Topliss-reactive ketones (excluding diaryl/α,β-unsaturated/α-hetero) is 1. The van der Waals surface area contributed by atoms with Crippen LogP contribution < -0.4 is 10.6 Å². The molecule has 0 aliphatic heterocycles. The SMILES string of the molecule is O=C(NCc1cccc(O)c1)c1cc(Cl)c(C(=O)C[C@H](NC(=O)c2[nH]c3ccccc3c2CO)C(=O)O)c(Cl)c1. The molecule has 1 atom stereocenters. The summed E-state index contributed by atoms with van der Waals surface area (Å²) >= 11 is 12.6. The molecular formula is C28H23Cl2N3O7. The monoisotopic (exact) mass is 583 g/mol. The van der Waals surface area contributed by atoms with Crippen LogP contribution in [0.4, 0.5) is 0 Å². The fraction of sp³-hybridized carbons (Fsp3) is 0.143. The van der Waals surface area contributed by atoms with E-state index in [-0.39, 0.29) is 44.7 Å². The van der Waals surface area contributed by atoms with E-state index in [1.807, 2.05) is 0 Å². The molecule has 6 N–H and O–H groups in total. The predicted octanol–water partition coefficient (Wildman–Crippen LogP) is 4.06. The summed E-state index contributed by atoms with van der Waals surface area (Å²) in [6, 6.07) is 14.0. The minimum absolute atomic E-state index is 0.0282. The number of halogens is 2. The Hall–Kier alpha value is -4.38. The number of carbonyl (C=O) groups excluding carboxylic acids is 3. The number of H-pyrrole nitrogens is 1. The summed E-state index contributed by atoms with van der Waals surface area (Å²) in [6.45, 7) is -0.361. The average molecular weight is 584 g/mol. The molecule has 12 heteroatoms. The number of aromatic hydroxyl groups is 1. The molecule has 0 radical (unpaired) electrons. The van der Waals surface area contributed by atoms with Crippen molar-refractivity contribution in [2.45, 2.75) is 25.6 Å². The van der Waals surface area contributed by atoms with Crippen LogP contribution in [-0.4, -0.2) is 49.9 Å². The molecule has 3 aromatic carbocycles. The third kappa shape index (κ3) is 6.26. The topological polar surface area (TPSA) is 169 Å². The van der Waals surface area contributed by atoms with Gasteiger partial charge >= 0.3 is 5.97 Å². The molecule has 4 rings (SSSR count). The zero-order chi connectivity index (χ0) is 29.0. The van der Waals surface area contributed by atoms with Crippen molar-refractivity contribution in [2.24, 2.45) is 0 Å². The Labute approximate surface area is 237 Å². The number of phenolic OH excluding ortho intramolecular Hbond substituents is 1. The lowest BCUT2D eigenvalue weighted by Gasteiger charge is -2.15. The quantitative estimate of drug-likeness (QED) is 0.153. The summed E-state index contributed by atoms with van der Waals surface area (Å²) in [4.78, 5) is 53.4. The second-order valence-electron chi connectivity index (χ2n) is 8.84. The minimum Gasteiger partial charge on any atom is -0.508 e. The molecule has 1 heterocycles. The number of phenols is 1. The van der Waals surface area contributed by atoms with Gasteiger partial charge in [-0.1, -0.05) is 53.5 Å². The van der Waals surface area contributed by atoms with Crippen LogP contribution in [0.15, 0.2) is 60.7 Å². The molecule has 0 saturated carbocycles. The number of aliphatic hydroxyl groups is 1. The maximum absolute atomic E-state index is 13.1. The molecule has 2 amide bonds. The van der Waals surface area contributed by atoms with E-state index >= 15 is 0 Å². The number of carboxylic acids is 1. The van der Waals surface area contributed by atoms with Crippen molar-refractivity contribution < 1.29 is 34.5 Å². The molecule has 0 saturated heterocycles. The maximum atomic E-state index is 13.1. The molecule has 0 bridgehead atoms. The van der Waals surface area contributed by atoms with E-state index in [0.717, 1.165) is 0 Å². The first-order valence-corrected chi connectivity index (χ1v) is 12.7. The number of amides is 2. The first kappa shape index (κ1) is 28.6. The summed E-state index contributed by atoms with van der Waals surface area (Å²) in [5.74, 6) is -3.56. The third-order valence-corrected chi connectivity index (χ3v) is 6.73. The molecule has 10 nitrogen and oxygen atoms in total. The van der Waals surface area contributed by atoms with Gasteiger partial charge in [0, 0.05) is 35.0 Å². The highest BCUT2D eigenvalue weighted by Gasteiger charge is 2.29. The molecule has 40 heavy (non-hydrogen) atoms. The lowest BCUT2D eigenvalue weighted by Crippen LogP contribution is -2.42. The Bertz CT molecular complexity index is 1610. The zero-order valence-electron chi connectivity index (χ0n) is 20.7. The van der Waals surface area contributed by atoms with Gasteiger partial charge in [0.2, 0.25) is 0 Å². The molecule has 206 valence electrons. The van der Waals surface area contributed by atoms with Crippen molar-refractivity contribution in [2.75, 3.05) is 0 Å². The van der Waals surface area contributed by atoms with Gasteiger partial charge in [-0.3, -0.25) is 14.4 Å². The molecule has 1 aromatic heterocycles. The number of carboxylic acid groups (broad SMARTS) is 1. The molecule has 0 aliphatic rings. The number of hydrogen-bond acceptors (Lipinski definition) is 6. The van der Waals surface area contributed by atoms with Gasteiger partial charge in [0.25, 0.3) is 11.8 Å². The largest absolute Gasteiger partial charge is 0.508 e. The highest BCUT2D eigenvalue weighted by Crippen LogP contribution is 2.29. The Balaban J connectivity index is 1.48. The van der Waals surface area contributed by atoms with Crippen LogP contribution in [0.5, 0.6) is 5.75 Å². The summed E-state index contributed by atoms with van der Waals surface area (Å²) in [6.07, 6.45) is -0.682. The number of aliphatic carboxylic acids is 1. The van der Waals surface area contributed by atoms with Gasteiger partial charge in [-0.2, -0.15) is 0 Å². The number of carbonyl (C=O) groups is 4. The smallest absolute Gasteiger partial charge is 0.326 e. The molecule has 0 fully saturated rings. The van der Waals surface area contributed by atoms with Gasteiger partial charge in [0.1, 0.15) is 17.5 Å². The van der Waals surface area contributed by atoms with Crippen LogP contribution in [0.25, 0.3) is 10.9 Å². The second kappa shape index (κ2) is 12.2. The van der Waals surface area contributed by atoms with Crippen molar-refractivity contribution in [1.29, 1.82) is 0 Å². The average Bonchev–Trinajstić information content (AvgIpc) is 3.29. The Kier molecular flexibility index (Phi) is 8.73. The van der Waals surface area contributed by atoms with E-state index in [4.69, 9.17) is 23.2 Å². The minimum atomic E-state index is -1.64. The molecule has 4 aromatic rings. The predicted molar refractivity (Wildman–Crippen MR) is 148 cm³/mol.